The number of halogens is 1. The first kappa shape index (κ1) is 18.0. The molecule has 0 aliphatic rings. The molecule has 0 fully saturated rings. The minimum Gasteiger partial charge on any atom is -0.497 e. The van der Waals surface area contributed by atoms with Crippen molar-refractivity contribution in [3.05, 3.63) is 59.4 Å². The smallest absolute Gasteiger partial charge is 0.165 e. The van der Waals surface area contributed by atoms with Crippen LogP contribution in [-0.4, -0.2) is 20.0 Å². The molecule has 2 aromatic carbocycles. The molecule has 0 saturated carbocycles. The van der Waals surface area contributed by atoms with Gasteiger partial charge in [-0.15, -0.1) is 0 Å². The Morgan fingerprint density at radius 1 is 1.04 bits per heavy atom. The summed E-state index contributed by atoms with van der Waals surface area (Å²) in [6.45, 7) is 1.93. The Hall–Kier alpha value is -2.36. The summed E-state index contributed by atoms with van der Waals surface area (Å²) in [5.74, 6) is 0.968. The second kappa shape index (κ2) is 8.48. The number of ether oxygens (including phenoxy) is 2. The van der Waals surface area contributed by atoms with Gasteiger partial charge >= 0.3 is 0 Å². The van der Waals surface area contributed by atoms with Crippen LogP contribution in [0.25, 0.3) is 0 Å². The Labute approximate surface area is 142 Å². The van der Waals surface area contributed by atoms with E-state index in [1.54, 1.807) is 44.6 Å². The molecular formula is C20H23FO3. The van der Waals surface area contributed by atoms with Gasteiger partial charge in [-0.1, -0.05) is 19.1 Å². The van der Waals surface area contributed by atoms with Gasteiger partial charge in [-0.25, -0.2) is 4.39 Å². The van der Waals surface area contributed by atoms with Crippen LogP contribution in [0.3, 0.4) is 0 Å². The van der Waals surface area contributed by atoms with E-state index in [1.807, 2.05) is 6.92 Å². The molecule has 0 N–H and O–H groups in total. The highest BCUT2D eigenvalue weighted by molar-refractivity contribution is 5.98. The monoisotopic (exact) mass is 330 g/mol. The zero-order valence-electron chi connectivity index (χ0n) is 14.3. The molecule has 128 valence electrons. The number of hydrogen-bond acceptors (Lipinski definition) is 3. The average molecular weight is 330 g/mol. The van der Waals surface area contributed by atoms with Gasteiger partial charge in [0.2, 0.25) is 0 Å². The van der Waals surface area contributed by atoms with Crippen molar-refractivity contribution in [1.82, 2.24) is 0 Å². The van der Waals surface area contributed by atoms with Crippen LogP contribution >= 0.6 is 0 Å². The molecule has 0 amide bonds. The van der Waals surface area contributed by atoms with E-state index in [0.717, 1.165) is 24.8 Å². The molecule has 4 heteroatoms. The highest BCUT2D eigenvalue weighted by Crippen LogP contribution is 2.25. The van der Waals surface area contributed by atoms with Gasteiger partial charge in [0.15, 0.2) is 5.78 Å². The third kappa shape index (κ3) is 4.82. The molecule has 1 atom stereocenters. The van der Waals surface area contributed by atoms with Crippen molar-refractivity contribution in [3.8, 4) is 11.5 Å². The molecular weight excluding hydrogens is 307 g/mol. The first-order valence-electron chi connectivity index (χ1n) is 8.05. The lowest BCUT2D eigenvalue weighted by atomic mass is 9.93. The number of ketones is 1. The van der Waals surface area contributed by atoms with E-state index in [0.29, 0.717) is 17.1 Å². The molecule has 0 aliphatic carbocycles. The summed E-state index contributed by atoms with van der Waals surface area (Å²) in [4.78, 5) is 12.6. The molecule has 2 aromatic rings. The van der Waals surface area contributed by atoms with E-state index in [4.69, 9.17) is 9.47 Å². The fourth-order valence-electron chi connectivity index (χ4n) is 2.63. The zero-order chi connectivity index (χ0) is 17.5. The van der Waals surface area contributed by atoms with Gasteiger partial charge in [0.25, 0.3) is 0 Å². The summed E-state index contributed by atoms with van der Waals surface area (Å²) >= 11 is 0. The number of methoxy groups -OCH3 is 2. The topological polar surface area (TPSA) is 35.5 Å². The van der Waals surface area contributed by atoms with Crippen molar-refractivity contribution in [1.29, 1.82) is 0 Å². The molecule has 0 heterocycles. The quantitative estimate of drug-likeness (QED) is 0.659. The highest BCUT2D eigenvalue weighted by atomic mass is 19.1. The number of benzene rings is 2. The number of carbonyl (C=O) groups excluding carboxylic acids is 1. The second-order valence-electron chi connectivity index (χ2n) is 5.89. The van der Waals surface area contributed by atoms with Gasteiger partial charge in [-0.2, -0.15) is 0 Å². The molecule has 0 aliphatic heterocycles. The maximum absolute atomic E-state index is 12.9. The van der Waals surface area contributed by atoms with Crippen LogP contribution in [0.5, 0.6) is 11.5 Å². The number of Topliss-reactive ketones (excluding diaryl/α,β-unsaturated/α-hetero) is 1. The molecule has 0 unspecified atom stereocenters. The SMILES string of the molecule is COc1cc(OC)cc(C(=O)[C@@H](C)CCCc2ccc(F)cc2)c1. The van der Waals surface area contributed by atoms with Crippen LogP contribution in [0.4, 0.5) is 4.39 Å². The predicted octanol–water partition coefficient (Wildman–Crippen LogP) is 4.68. The number of carbonyl (C=O) groups is 1. The molecule has 3 nitrogen and oxygen atoms in total. The van der Waals surface area contributed by atoms with E-state index in [9.17, 15) is 9.18 Å². The summed E-state index contributed by atoms with van der Waals surface area (Å²) in [5, 5.41) is 0. The van der Waals surface area contributed by atoms with Gasteiger partial charge in [0.1, 0.15) is 17.3 Å². The highest BCUT2D eigenvalue weighted by Gasteiger charge is 2.17. The van der Waals surface area contributed by atoms with Crippen LogP contribution in [0, 0.1) is 11.7 Å². The number of hydrogen-bond donors (Lipinski definition) is 0. The van der Waals surface area contributed by atoms with E-state index >= 15 is 0 Å². The van der Waals surface area contributed by atoms with Crippen molar-refractivity contribution < 1.29 is 18.7 Å². The Bertz CT molecular complexity index is 658. The summed E-state index contributed by atoms with van der Waals surface area (Å²) in [5.41, 5.74) is 1.68. The van der Waals surface area contributed by atoms with Crippen molar-refractivity contribution in [3.63, 3.8) is 0 Å². The summed E-state index contributed by atoms with van der Waals surface area (Å²) < 4.78 is 23.3. The fraction of sp³-hybridized carbons (Fsp3) is 0.350. The van der Waals surface area contributed by atoms with E-state index in [2.05, 4.69) is 0 Å². The Balaban J connectivity index is 1.95. The van der Waals surface area contributed by atoms with E-state index in [-0.39, 0.29) is 17.5 Å². The Kier molecular flexibility index (Phi) is 6.36. The summed E-state index contributed by atoms with van der Waals surface area (Å²) in [6, 6.07) is 11.7. The minimum atomic E-state index is -0.228. The molecule has 0 saturated heterocycles. The first-order valence-corrected chi connectivity index (χ1v) is 8.05. The van der Waals surface area contributed by atoms with Gasteiger partial charge in [-0.3, -0.25) is 4.79 Å². The molecule has 2 rings (SSSR count). The third-order valence-corrected chi connectivity index (χ3v) is 4.10. The number of aryl methyl sites for hydroxylation is 1. The lowest BCUT2D eigenvalue weighted by Crippen LogP contribution is -2.12. The molecule has 0 radical (unpaired) electrons. The number of rotatable bonds is 8. The van der Waals surface area contributed by atoms with Crippen LogP contribution < -0.4 is 9.47 Å². The fourth-order valence-corrected chi connectivity index (χ4v) is 2.63. The lowest BCUT2D eigenvalue weighted by Gasteiger charge is -2.13. The minimum absolute atomic E-state index is 0.0753. The van der Waals surface area contributed by atoms with Gasteiger partial charge < -0.3 is 9.47 Å². The third-order valence-electron chi connectivity index (χ3n) is 4.10. The predicted molar refractivity (Wildman–Crippen MR) is 92.4 cm³/mol. The standard InChI is InChI=1S/C20H23FO3/c1-14(5-4-6-15-7-9-17(21)10-8-15)20(22)16-11-18(23-2)13-19(12-16)24-3/h7-14H,4-6H2,1-3H3/t14-/m0/s1. The van der Waals surface area contributed by atoms with Gasteiger partial charge in [-0.05, 0) is 49.1 Å². The van der Waals surface area contributed by atoms with Crippen molar-refractivity contribution in [2.75, 3.05) is 14.2 Å². The molecule has 0 aromatic heterocycles. The van der Waals surface area contributed by atoms with Gasteiger partial charge in [0, 0.05) is 17.5 Å². The van der Waals surface area contributed by atoms with Crippen molar-refractivity contribution in [2.45, 2.75) is 26.2 Å². The Morgan fingerprint density at radius 3 is 2.17 bits per heavy atom. The van der Waals surface area contributed by atoms with E-state index < -0.39 is 0 Å². The summed E-state index contributed by atoms with van der Waals surface area (Å²) in [7, 11) is 3.13. The van der Waals surface area contributed by atoms with Crippen LogP contribution in [0.2, 0.25) is 0 Å². The Morgan fingerprint density at radius 2 is 1.62 bits per heavy atom. The zero-order valence-corrected chi connectivity index (χ0v) is 14.3. The van der Waals surface area contributed by atoms with Crippen LogP contribution in [0.1, 0.15) is 35.7 Å². The lowest BCUT2D eigenvalue weighted by molar-refractivity contribution is 0.0922. The van der Waals surface area contributed by atoms with Crippen molar-refractivity contribution in [2.24, 2.45) is 5.92 Å². The maximum atomic E-state index is 12.9. The largest absolute Gasteiger partial charge is 0.497 e. The molecule has 24 heavy (non-hydrogen) atoms. The first-order chi connectivity index (χ1) is 11.5. The van der Waals surface area contributed by atoms with E-state index in [1.165, 1.54) is 12.1 Å². The normalized spacial score (nSPS) is 11.8. The maximum Gasteiger partial charge on any atom is 0.165 e. The van der Waals surface area contributed by atoms with Crippen LogP contribution in [0.15, 0.2) is 42.5 Å². The average Bonchev–Trinajstić information content (AvgIpc) is 2.62. The molecule has 0 bridgehead atoms. The van der Waals surface area contributed by atoms with Crippen molar-refractivity contribution >= 4 is 5.78 Å². The second-order valence-corrected chi connectivity index (χ2v) is 5.89. The van der Waals surface area contributed by atoms with Crippen LogP contribution in [-0.2, 0) is 6.42 Å². The summed E-state index contributed by atoms with van der Waals surface area (Å²) in [6.07, 6.45) is 2.48. The molecule has 0 spiro atoms. The van der Waals surface area contributed by atoms with Gasteiger partial charge in [0.05, 0.1) is 14.2 Å².